The van der Waals surface area contributed by atoms with Crippen molar-refractivity contribution < 1.29 is 23.9 Å². The fourth-order valence-electron chi connectivity index (χ4n) is 1.93. The minimum absolute atomic E-state index is 0.0419. The molecule has 2 aromatic rings. The van der Waals surface area contributed by atoms with E-state index in [1.54, 1.807) is 25.1 Å². The molecule has 1 aromatic heterocycles. The van der Waals surface area contributed by atoms with E-state index in [1.807, 2.05) is 0 Å². The number of rotatable bonds is 6. The first-order chi connectivity index (χ1) is 10.5. The van der Waals surface area contributed by atoms with Crippen LogP contribution >= 0.6 is 0 Å². The second-order valence-corrected chi connectivity index (χ2v) is 4.66. The average Bonchev–Trinajstić information content (AvgIpc) is 2.98. The predicted octanol–water partition coefficient (Wildman–Crippen LogP) is 1.46. The van der Waals surface area contributed by atoms with Gasteiger partial charge in [0.1, 0.15) is 5.76 Å². The molecule has 7 nitrogen and oxygen atoms in total. The first-order valence-corrected chi connectivity index (χ1v) is 6.66. The van der Waals surface area contributed by atoms with Gasteiger partial charge in [0.05, 0.1) is 20.3 Å². The van der Waals surface area contributed by atoms with Crippen LogP contribution in [0.2, 0.25) is 0 Å². The van der Waals surface area contributed by atoms with Crippen molar-refractivity contribution in [2.75, 3.05) is 20.8 Å². The minimum atomic E-state index is -0.878. The number of hydrogen-bond donors (Lipinski definition) is 2. The molecular formula is C15H18N2O5. The molecule has 2 N–H and O–H groups in total. The lowest BCUT2D eigenvalue weighted by atomic mass is 10.1. The summed E-state index contributed by atoms with van der Waals surface area (Å²) in [6, 6.07) is 6.59. The summed E-state index contributed by atoms with van der Waals surface area (Å²) in [5.41, 5.74) is 0.784. The molecule has 2 rings (SSSR count). The Balaban J connectivity index is 2.00. The molecule has 1 aromatic carbocycles. The fraction of sp³-hybridized carbons (Fsp3) is 0.333. The molecule has 0 spiro atoms. The highest BCUT2D eigenvalue weighted by Crippen LogP contribution is 2.29. The number of nitrogens with one attached hydrogen (secondary N) is 1. The Morgan fingerprint density at radius 1 is 1.32 bits per heavy atom. The maximum atomic E-state index is 11.8. The molecule has 0 fully saturated rings. The summed E-state index contributed by atoms with van der Waals surface area (Å²) in [7, 11) is 3.05. The van der Waals surface area contributed by atoms with E-state index in [0.29, 0.717) is 22.8 Å². The number of amides is 1. The minimum Gasteiger partial charge on any atom is -0.493 e. The van der Waals surface area contributed by atoms with E-state index in [9.17, 15) is 9.90 Å². The van der Waals surface area contributed by atoms with Gasteiger partial charge in [0, 0.05) is 12.6 Å². The molecule has 1 amide bonds. The number of nitrogens with zero attached hydrogens (tertiary/aromatic N) is 1. The van der Waals surface area contributed by atoms with E-state index >= 15 is 0 Å². The summed E-state index contributed by atoms with van der Waals surface area (Å²) in [5.74, 6) is 1.22. The summed E-state index contributed by atoms with van der Waals surface area (Å²) in [5, 5.41) is 16.4. The first kappa shape index (κ1) is 15.8. The molecule has 1 atom stereocenters. The number of aromatic nitrogens is 1. The second-order valence-electron chi connectivity index (χ2n) is 4.66. The van der Waals surface area contributed by atoms with Gasteiger partial charge >= 0.3 is 0 Å². The lowest BCUT2D eigenvalue weighted by Crippen LogP contribution is -2.28. The van der Waals surface area contributed by atoms with Crippen molar-refractivity contribution in [3.05, 3.63) is 41.3 Å². The summed E-state index contributed by atoms with van der Waals surface area (Å²) in [6.45, 7) is 1.74. The highest BCUT2D eigenvalue weighted by atomic mass is 16.5. The van der Waals surface area contributed by atoms with Crippen LogP contribution in [0.4, 0.5) is 0 Å². The molecule has 7 heteroatoms. The Kier molecular flexibility index (Phi) is 5.00. The summed E-state index contributed by atoms with van der Waals surface area (Å²) in [6.07, 6.45) is -0.878. The van der Waals surface area contributed by atoms with Gasteiger partial charge in [0.2, 0.25) is 0 Å². The van der Waals surface area contributed by atoms with Gasteiger partial charge in [-0.1, -0.05) is 11.2 Å². The maximum absolute atomic E-state index is 11.8. The molecule has 0 saturated carbocycles. The van der Waals surface area contributed by atoms with E-state index < -0.39 is 12.0 Å². The van der Waals surface area contributed by atoms with Crippen LogP contribution in [-0.4, -0.2) is 36.9 Å². The Morgan fingerprint density at radius 2 is 2.05 bits per heavy atom. The molecule has 118 valence electrons. The highest BCUT2D eigenvalue weighted by Gasteiger charge is 2.15. The van der Waals surface area contributed by atoms with Crippen LogP contribution in [0.1, 0.15) is 27.9 Å². The van der Waals surface area contributed by atoms with E-state index in [2.05, 4.69) is 10.5 Å². The van der Waals surface area contributed by atoms with E-state index in [4.69, 9.17) is 14.0 Å². The van der Waals surface area contributed by atoms with Crippen molar-refractivity contribution in [3.8, 4) is 11.5 Å². The maximum Gasteiger partial charge on any atom is 0.273 e. The zero-order valence-corrected chi connectivity index (χ0v) is 12.6. The summed E-state index contributed by atoms with van der Waals surface area (Å²) < 4.78 is 15.1. The normalized spacial score (nSPS) is 11.8. The van der Waals surface area contributed by atoms with Crippen LogP contribution in [0.25, 0.3) is 0 Å². The van der Waals surface area contributed by atoms with Crippen LogP contribution in [0.15, 0.2) is 28.8 Å². The number of aryl methyl sites for hydroxylation is 1. The van der Waals surface area contributed by atoms with E-state index in [1.165, 1.54) is 20.3 Å². The van der Waals surface area contributed by atoms with Crippen molar-refractivity contribution >= 4 is 5.91 Å². The van der Waals surface area contributed by atoms with E-state index in [0.717, 1.165) is 0 Å². The third-order valence-electron chi connectivity index (χ3n) is 3.11. The van der Waals surface area contributed by atoms with Gasteiger partial charge in [-0.2, -0.15) is 0 Å². The molecule has 1 heterocycles. The van der Waals surface area contributed by atoms with Gasteiger partial charge in [0.25, 0.3) is 5.91 Å². The van der Waals surface area contributed by atoms with E-state index in [-0.39, 0.29) is 12.2 Å². The zero-order valence-electron chi connectivity index (χ0n) is 12.6. The van der Waals surface area contributed by atoms with Crippen molar-refractivity contribution in [1.29, 1.82) is 0 Å². The fourth-order valence-corrected chi connectivity index (χ4v) is 1.93. The predicted molar refractivity (Wildman–Crippen MR) is 78.1 cm³/mol. The molecule has 0 saturated heterocycles. The zero-order chi connectivity index (χ0) is 16.1. The number of carbonyl (C=O) groups excluding carboxylic acids is 1. The van der Waals surface area contributed by atoms with Crippen LogP contribution < -0.4 is 14.8 Å². The molecule has 0 aliphatic heterocycles. The number of aliphatic hydroxyl groups is 1. The molecule has 22 heavy (non-hydrogen) atoms. The van der Waals surface area contributed by atoms with Gasteiger partial charge in [-0.15, -0.1) is 0 Å². The Morgan fingerprint density at radius 3 is 2.64 bits per heavy atom. The number of methoxy groups -OCH3 is 2. The van der Waals surface area contributed by atoms with Gasteiger partial charge < -0.3 is 24.4 Å². The van der Waals surface area contributed by atoms with Gasteiger partial charge in [-0.25, -0.2) is 0 Å². The molecule has 0 unspecified atom stereocenters. The topological polar surface area (TPSA) is 93.8 Å². The van der Waals surface area contributed by atoms with Crippen LogP contribution in [0.3, 0.4) is 0 Å². The number of carbonyl (C=O) groups is 1. The van der Waals surface area contributed by atoms with Gasteiger partial charge in [-0.05, 0) is 24.6 Å². The lowest BCUT2D eigenvalue weighted by Gasteiger charge is -2.14. The molecule has 0 radical (unpaired) electrons. The van der Waals surface area contributed by atoms with Crippen LogP contribution in [0, 0.1) is 6.92 Å². The average molecular weight is 306 g/mol. The Bertz CT molecular complexity index is 653. The number of ether oxygens (including phenoxy) is 2. The van der Waals surface area contributed by atoms with Crippen molar-refractivity contribution in [2.45, 2.75) is 13.0 Å². The lowest BCUT2D eigenvalue weighted by molar-refractivity contribution is 0.0907. The Labute approximate surface area is 127 Å². The SMILES string of the molecule is COc1ccc([C@H](O)CNC(=O)c2cc(C)on2)cc1OC. The smallest absolute Gasteiger partial charge is 0.273 e. The third-order valence-corrected chi connectivity index (χ3v) is 3.11. The van der Waals surface area contributed by atoms with Gasteiger partial charge in [-0.3, -0.25) is 4.79 Å². The van der Waals surface area contributed by atoms with Crippen molar-refractivity contribution in [3.63, 3.8) is 0 Å². The first-order valence-electron chi connectivity index (χ1n) is 6.66. The quantitative estimate of drug-likeness (QED) is 0.839. The van der Waals surface area contributed by atoms with Gasteiger partial charge in [0.15, 0.2) is 17.2 Å². The Hall–Kier alpha value is -2.54. The van der Waals surface area contributed by atoms with Crippen LogP contribution in [-0.2, 0) is 0 Å². The van der Waals surface area contributed by atoms with Crippen molar-refractivity contribution in [2.24, 2.45) is 0 Å². The largest absolute Gasteiger partial charge is 0.493 e. The second kappa shape index (κ2) is 6.95. The third kappa shape index (κ3) is 3.56. The highest BCUT2D eigenvalue weighted by molar-refractivity contribution is 5.92. The summed E-state index contributed by atoms with van der Waals surface area (Å²) >= 11 is 0. The standard InChI is InChI=1S/C15H18N2O5/c1-9-6-11(17-22-9)15(19)16-8-12(18)10-4-5-13(20-2)14(7-10)21-3/h4-7,12,18H,8H2,1-3H3,(H,16,19)/t12-/m1/s1. The molecule has 0 aliphatic carbocycles. The van der Waals surface area contributed by atoms with Crippen molar-refractivity contribution in [1.82, 2.24) is 10.5 Å². The molecule has 0 bridgehead atoms. The number of aliphatic hydroxyl groups excluding tert-OH is 1. The van der Waals surface area contributed by atoms with Crippen LogP contribution in [0.5, 0.6) is 11.5 Å². The number of benzene rings is 1. The molecular weight excluding hydrogens is 288 g/mol. The number of hydrogen-bond acceptors (Lipinski definition) is 6. The monoisotopic (exact) mass is 306 g/mol. The molecule has 0 aliphatic rings. The summed E-state index contributed by atoms with van der Waals surface area (Å²) in [4.78, 5) is 11.8.